The first-order valence-electron chi connectivity index (χ1n) is 11.3. The molecule has 0 aliphatic carbocycles. The molecule has 6 rings (SSSR count). The second-order valence-corrected chi connectivity index (χ2v) is 8.78. The Morgan fingerprint density at radius 2 is 1.43 bits per heavy atom. The zero-order valence-electron chi connectivity index (χ0n) is 19.2. The third-order valence-corrected chi connectivity index (χ3v) is 6.37. The molecule has 2 heterocycles. The maximum atomic E-state index is 13.0. The molecule has 0 fully saturated rings. The Morgan fingerprint density at radius 3 is 2.29 bits per heavy atom. The van der Waals surface area contributed by atoms with E-state index in [4.69, 9.17) is 8.83 Å². The van der Waals surface area contributed by atoms with Crippen LogP contribution in [0.2, 0.25) is 0 Å². The molecule has 0 bridgehead atoms. The van der Waals surface area contributed by atoms with E-state index in [1.807, 2.05) is 91.8 Å². The first-order chi connectivity index (χ1) is 17.0. The zero-order chi connectivity index (χ0) is 24.1. The van der Waals surface area contributed by atoms with Gasteiger partial charge in [0.2, 0.25) is 0 Å². The molecule has 0 spiro atoms. The van der Waals surface area contributed by atoms with Crippen molar-refractivity contribution in [1.82, 2.24) is 0 Å². The molecule has 0 radical (unpaired) electrons. The summed E-state index contributed by atoms with van der Waals surface area (Å²) in [7, 11) is 3.88. The van der Waals surface area contributed by atoms with Crippen LogP contribution in [0, 0.1) is 0 Å². The van der Waals surface area contributed by atoms with E-state index in [1.54, 1.807) is 12.1 Å². The molecule has 0 unspecified atom stereocenters. The van der Waals surface area contributed by atoms with Gasteiger partial charge in [-0.3, -0.25) is 0 Å². The van der Waals surface area contributed by atoms with Gasteiger partial charge in [-0.2, -0.15) is 0 Å². The highest BCUT2D eigenvalue weighted by atomic mass is 16.4. The van der Waals surface area contributed by atoms with Gasteiger partial charge in [0.1, 0.15) is 11.2 Å². The molecule has 0 amide bonds. The minimum absolute atomic E-state index is 0.420. The Kier molecular flexibility index (Phi) is 4.78. The lowest BCUT2D eigenvalue weighted by Gasteiger charge is -2.13. The zero-order valence-corrected chi connectivity index (χ0v) is 19.2. The summed E-state index contributed by atoms with van der Waals surface area (Å²) in [5.41, 5.74) is 3.95. The summed E-state index contributed by atoms with van der Waals surface area (Å²) in [5.74, 6) is 0. The van der Waals surface area contributed by atoms with E-state index in [2.05, 4.69) is 0 Å². The first-order valence-corrected chi connectivity index (χ1v) is 11.3. The molecule has 0 atom stereocenters. The van der Waals surface area contributed by atoms with Crippen LogP contribution >= 0.6 is 0 Å². The predicted molar refractivity (Wildman–Crippen MR) is 141 cm³/mol. The molecule has 5 heteroatoms. The Balaban J connectivity index is 1.59. The molecule has 0 saturated heterocycles. The van der Waals surface area contributed by atoms with E-state index in [0.717, 1.165) is 38.4 Å². The summed E-state index contributed by atoms with van der Waals surface area (Å²) in [5, 5.41) is 3.70. The number of fused-ring (bicyclic) bond motifs is 3. The van der Waals surface area contributed by atoms with Crippen molar-refractivity contribution < 1.29 is 8.83 Å². The highest BCUT2D eigenvalue weighted by Gasteiger charge is 2.14. The molecule has 170 valence electrons. The second kappa shape index (κ2) is 7.99. The molecule has 35 heavy (non-hydrogen) atoms. The van der Waals surface area contributed by atoms with Crippen molar-refractivity contribution in [3.8, 4) is 22.3 Å². The van der Waals surface area contributed by atoms with Crippen molar-refractivity contribution in [2.45, 2.75) is 0 Å². The molecular weight excluding hydrogens is 438 g/mol. The summed E-state index contributed by atoms with van der Waals surface area (Å²) in [4.78, 5) is 27.3. The van der Waals surface area contributed by atoms with Gasteiger partial charge < -0.3 is 13.7 Å². The van der Waals surface area contributed by atoms with E-state index in [9.17, 15) is 9.59 Å². The lowest BCUT2D eigenvalue weighted by Crippen LogP contribution is -2.09. The van der Waals surface area contributed by atoms with E-state index in [1.165, 1.54) is 6.07 Å². The Morgan fingerprint density at radius 1 is 0.600 bits per heavy atom. The van der Waals surface area contributed by atoms with Crippen LogP contribution in [0.5, 0.6) is 0 Å². The third kappa shape index (κ3) is 3.58. The molecule has 2 aromatic heterocycles. The molecule has 6 aromatic rings. The van der Waals surface area contributed by atoms with E-state index in [-0.39, 0.29) is 0 Å². The lowest BCUT2D eigenvalue weighted by atomic mass is 9.94. The molecule has 0 N–H and O–H groups in total. The smallest absolute Gasteiger partial charge is 0.344 e. The fourth-order valence-electron chi connectivity index (χ4n) is 4.59. The number of hydrogen-bond acceptors (Lipinski definition) is 5. The van der Waals surface area contributed by atoms with Crippen molar-refractivity contribution in [1.29, 1.82) is 0 Å². The van der Waals surface area contributed by atoms with Crippen LogP contribution in [0.25, 0.3) is 55.0 Å². The lowest BCUT2D eigenvalue weighted by molar-refractivity contribution is 0.561. The average Bonchev–Trinajstić information content (AvgIpc) is 2.87. The van der Waals surface area contributed by atoms with Gasteiger partial charge in [0.15, 0.2) is 0 Å². The largest absolute Gasteiger partial charge is 0.423 e. The van der Waals surface area contributed by atoms with Crippen molar-refractivity contribution in [3.05, 3.63) is 112 Å². The van der Waals surface area contributed by atoms with Crippen molar-refractivity contribution in [2.24, 2.45) is 0 Å². The maximum Gasteiger partial charge on any atom is 0.344 e. The molecule has 0 aliphatic heterocycles. The monoisotopic (exact) mass is 459 g/mol. The SMILES string of the molecule is CN(C)c1ccc2cc(-c3ccc4oc(=O)cc(-c5cccc6ccccc56)c4c3)c(=O)oc2c1. The fourth-order valence-corrected chi connectivity index (χ4v) is 4.59. The topological polar surface area (TPSA) is 63.7 Å². The number of benzene rings is 4. The highest BCUT2D eigenvalue weighted by molar-refractivity contribution is 6.05. The first kappa shape index (κ1) is 20.9. The number of nitrogens with zero attached hydrogens (tertiary/aromatic N) is 1. The normalized spacial score (nSPS) is 11.4. The molecule has 0 saturated carbocycles. The van der Waals surface area contributed by atoms with Crippen LogP contribution in [0.1, 0.15) is 0 Å². The van der Waals surface area contributed by atoms with Crippen LogP contribution in [0.3, 0.4) is 0 Å². The molecule has 0 aliphatic rings. The van der Waals surface area contributed by atoms with Gasteiger partial charge in [-0.1, -0.05) is 48.5 Å². The third-order valence-electron chi connectivity index (χ3n) is 6.37. The van der Waals surface area contributed by atoms with Crippen molar-refractivity contribution >= 4 is 38.4 Å². The summed E-state index contributed by atoms with van der Waals surface area (Å²) in [6, 6.07) is 28.6. The standard InChI is InChI=1S/C30H21NO4/c1-31(2)21-12-10-20-15-24(30(33)35-28(20)16-21)19-11-13-27-26(14-19)25(17-29(32)34-27)23-9-5-7-18-6-3-4-8-22(18)23/h3-17H,1-2H3. The van der Waals surface area contributed by atoms with Crippen molar-refractivity contribution in [3.63, 3.8) is 0 Å². The number of anilines is 1. The van der Waals surface area contributed by atoms with E-state index < -0.39 is 11.3 Å². The van der Waals surface area contributed by atoms with Gasteiger partial charge in [0.25, 0.3) is 0 Å². The number of hydrogen-bond donors (Lipinski definition) is 0. The van der Waals surface area contributed by atoms with Crippen molar-refractivity contribution in [2.75, 3.05) is 19.0 Å². The summed E-state index contributed by atoms with van der Waals surface area (Å²) >= 11 is 0. The maximum absolute atomic E-state index is 13.0. The van der Waals surface area contributed by atoms with Gasteiger partial charge >= 0.3 is 11.3 Å². The minimum atomic E-state index is -0.421. The Bertz CT molecular complexity index is 1870. The van der Waals surface area contributed by atoms with Crippen LogP contribution in [0.4, 0.5) is 5.69 Å². The summed E-state index contributed by atoms with van der Waals surface area (Å²) in [6.45, 7) is 0. The van der Waals surface area contributed by atoms with Gasteiger partial charge in [0, 0.05) is 48.3 Å². The number of rotatable bonds is 3. The van der Waals surface area contributed by atoms with Crippen LogP contribution < -0.4 is 16.2 Å². The fraction of sp³-hybridized carbons (Fsp3) is 0.0667. The van der Waals surface area contributed by atoms with E-state index in [0.29, 0.717) is 22.3 Å². The van der Waals surface area contributed by atoms with Crippen LogP contribution in [-0.2, 0) is 0 Å². The van der Waals surface area contributed by atoms with Gasteiger partial charge in [-0.05, 0) is 52.2 Å². The predicted octanol–water partition coefficient (Wildman–Crippen LogP) is 6.45. The summed E-state index contributed by atoms with van der Waals surface area (Å²) in [6.07, 6.45) is 0. The Labute approximate surface area is 200 Å². The van der Waals surface area contributed by atoms with E-state index >= 15 is 0 Å². The van der Waals surface area contributed by atoms with Gasteiger partial charge in [0.05, 0.1) is 5.56 Å². The van der Waals surface area contributed by atoms with Gasteiger partial charge in [-0.25, -0.2) is 9.59 Å². The molecular formula is C30H21NO4. The average molecular weight is 460 g/mol. The highest BCUT2D eigenvalue weighted by Crippen LogP contribution is 2.35. The molecule has 5 nitrogen and oxygen atoms in total. The summed E-state index contributed by atoms with van der Waals surface area (Å²) < 4.78 is 11.2. The second-order valence-electron chi connectivity index (χ2n) is 8.78. The van der Waals surface area contributed by atoms with Gasteiger partial charge in [-0.15, -0.1) is 0 Å². The Hall–Kier alpha value is -4.64. The quantitative estimate of drug-likeness (QED) is 0.285. The van der Waals surface area contributed by atoms with Crippen LogP contribution in [0.15, 0.2) is 109 Å². The van der Waals surface area contributed by atoms with Crippen LogP contribution in [-0.4, -0.2) is 14.1 Å². The minimum Gasteiger partial charge on any atom is -0.423 e. The molecule has 4 aromatic carbocycles.